The molecule has 0 atom stereocenters. The zero-order chi connectivity index (χ0) is 16.3. The SMILES string of the molecule is CCc1cc(CCCCN)cc(C(F)(F)F)c1C(F)(F)F. The van der Waals surface area contributed by atoms with E-state index in [1.165, 1.54) is 13.0 Å². The van der Waals surface area contributed by atoms with Gasteiger partial charge < -0.3 is 5.73 Å². The van der Waals surface area contributed by atoms with Crippen LogP contribution in [0.15, 0.2) is 12.1 Å². The molecule has 0 amide bonds. The number of alkyl halides is 6. The van der Waals surface area contributed by atoms with Gasteiger partial charge in [-0.2, -0.15) is 26.3 Å². The van der Waals surface area contributed by atoms with Gasteiger partial charge in [-0.25, -0.2) is 0 Å². The largest absolute Gasteiger partial charge is 0.417 e. The summed E-state index contributed by atoms with van der Waals surface area (Å²) in [6.45, 7) is 1.81. The third kappa shape index (κ3) is 4.62. The van der Waals surface area contributed by atoms with Crippen molar-refractivity contribution in [2.24, 2.45) is 5.73 Å². The smallest absolute Gasteiger partial charge is 0.330 e. The van der Waals surface area contributed by atoms with Crippen LogP contribution in [0, 0.1) is 0 Å². The standard InChI is InChI=1S/C14H17F6N/c1-2-10-7-9(5-3-4-6-21)8-11(13(15,16)17)12(10)14(18,19)20/h7-8H,2-6,21H2,1H3. The maximum Gasteiger partial charge on any atom is 0.417 e. The van der Waals surface area contributed by atoms with Gasteiger partial charge in [0.2, 0.25) is 0 Å². The molecule has 0 saturated carbocycles. The van der Waals surface area contributed by atoms with Crippen LogP contribution in [0.3, 0.4) is 0 Å². The van der Waals surface area contributed by atoms with E-state index in [1.807, 2.05) is 0 Å². The fourth-order valence-corrected chi connectivity index (χ4v) is 2.22. The van der Waals surface area contributed by atoms with E-state index in [4.69, 9.17) is 5.73 Å². The summed E-state index contributed by atoms with van der Waals surface area (Å²) in [5.41, 5.74) is 2.08. The summed E-state index contributed by atoms with van der Waals surface area (Å²) in [5, 5.41) is 0. The van der Waals surface area contributed by atoms with Crippen LogP contribution >= 0.6 is 0 Å². The number of hydrogen-bond donors (Lipinski definition) is 1. The number of rotatable bonds is 5. The third-order valence-electron chi connectivity index (χ3n) is 3.17. The molecule has 0 spiro atoms. The minimum atomic E-state index is -5.03. The van der Waals surface area contributed by atoms with Gasteiger partial charge in [0, 0.05) is 0 Å². The topological polar surface area (TPSA) is 26.0 Å². The van der Waals surface area contributed by atoms with Gasteiger partial charge in [0.05, 0.1) is 11.1 Å². The zero-order valence-corrected chi connectivity index (χ0v) is 11.5. The number of benzene rings is 1. The molecule has 0 fully saturated rings. The maximum absolute atomic E-state index is 12.9. The molecule has 21 heavy (non-hydrogen) atoms. The van der Waals surface area contributed by atoms with E-state index in [0.29, 0.717) is 25.5 Å². The average Bonchev–Trinajstić information content (AvgIpc) is 2.35. The Labute approximate surface area is 119 Å². The van der Waals surface area contributed by atoms with E-state index in [2.05, 4.69) is 0 Å². The lowest BCUT2D eigenvalue weighted by molar-refractivity contribution is -0.162. The highest BCUT2D eigenvalue weighted by molar-refractivity contribution is 5.43. The Morgan fingerprint density at radius 2 is 1.57 bits per heavy atom. The summed E-state index contributed by atoms with van der Waals surface area (Å²) in [6.07, 6.45) is -8.72. The summed E-state index contributed by atoms with van der Waals surface area (Å²) >= 11 is 0. The van der Waals surface area contributed by atoms with Gasteiger partial charge >= 0.3 is 12.4 Å². The Bertz CT molecular complexity index is 476. The lowest BCUT2D eigenvalue weighted by Crippen LogP contribution is -2.19. The van der Waals surface area contributed by atoms with Crippen molar-refractivity contribution < 1.29 is 26.3 Å². The Hall–Kier alpha value is -1.24. The molecule has 0 aromatic heterocycles. The van der Waals surface area contributed by atoms with Crippen LogP contribution in [-0.2, 0) is 25.2 Å². The molecule has 0 bridgehead atoms. The average molecular weight is 313 g/mol. The number of unbranched alkanes of at least 4 members (excludes halogenated alkanes) is 1. The number of halogens is 6. The van der Waals surface area contributed by atoms with Crippen LogP contribution < -0.4 is 5.73 Å². The lowest BCUT2D eigenvalue weighted by atomic mass is 9.93. The zero-order valence-electron chi connectivity index (χ0n) is 11.5. The van der Waals surface area contributed by atoms with Crippen molar-refractivity contribution in [2.75, 3.05) is 6.54 Å². The first-order valence-corrected chi connectivity index (χ1v) is 6.61. The van der Waals surface area contributed by atoms with E-state index in [1.54, 1.807) is 0 Å². The number of hydrogen-bond acceptors (Lipinski definition) is 1. The molecular formula is C14H17F6N. The number of nitrogens with two attached hydrogens (primary N) is 1. The Balaban J connectivity index is 3.37. The van der Waals surface area contributed by atoms with Crippen molar-refractivity contribution in [3.05, 3.63) is 34.4 Å². The van der Waals surface area contributed by atoms with Gasteiger partial charge in [0.25, 0.3) is 0 Å². The van der Waals surface area contributed by atoms with Crippen LogP contribution in [0.1, 0.15) is 42.0 Å². The normalized spacial score (nSPS) is 12.8. The molecule has 0 aliphatic rings. The molecule has 0 aliphatic carbocycles. The summed E-state index contributed by atoms with van der Waals surface area (Å²) < 4.78 is 77.7. The third-order valence-corrected chi connectivity index (χ3v) is 3.17. The summed E-state index contributed by atoms with van der Waals surface area (Å²) in [6, 6.07) is 1.83. The fourth-order valence-electron chi connectivity index (χ4n) is 2.22. The second kappa shape index (κ2) is 6.68. The molecule has 1 aromatic carbocycles. The molecule has 1 rings (SSSR count). The second-order valence-corrected chi connectivity index (χ2v) is 4.77. The monoisotopic (exact) mass is 313 g/mol. The summed E-state index contributed by atoms with van der Waals surface area (Å²) in [7, 11) is 0. The van der Waals surface area contributed by atoms with Gasteiger partial charge in [-0.15, -0.1) is 0 Å². The van der Waals surface area contributed by atoms with Crippen molar-refractivity contribution in [3.63, 3.8) is 0 Å². The van der Waals surface area contributed by atoms with Crippen LogP contribution in [0.25, 0.3) is 0 Å². The lowest BCUT2D eigenvalue weighted by Gasteiger charge is -2.20. The highest BCUT2D eigenvalue weighted by atomic mass is 19.4. The van der Waals surface area contributed by atoms with Crippen molar-refractivity contribution in [1.29, 1.82) is 0 Å². The predicted octanol–water partition coefficient (Wildman–Crippen LogP) is 4.57. The van der Waals surface area contributed by atoms with Crippen LogP contribution in [0.5, 0.6) is 0 Å². The van der Waals surface area contributed by atoms with E-state index in [0.717, 1.165) is 0 Å². The minimum Gasteiger partial charge on any atom is -0.330 e. The molecule has 120 valence electrons. The summed E-state index contributed by atoms with van der Waals surface area (Å²) in [4.78, 5) is 0. The quantitative estimate of drug-likeness (QED) is 0.625. The molecule has 0 heterocycles. The highest BCUT2D eigenvalue weighted by Crippen LogP contribution is 2.43. The van der Waals surface area contributed by atoms with Gasteiger partial charge in [-0.1, -0.05) is 13.0 Å². The maximum atomic E-state index is 12.9. The molecule has 0 radical (unpaired) electrons. The van der Waals surface area contributed by atoms with Crippen LogP contribution in [-0.4, -0.2) is 6.54 Å². The first-order valence-electron chi connectivity index (χ1n) is 6.61. The van der Waals surface area contributed by atoms with Gasteiger partial charge in [-0.05, 0) is 49.4 Å². The molecule has 0 aliphatic heterocycles. The molecule has 1 aromatic rings. The highest BCUT2D eigenvalue weighted by Gasteiger charge is 2.44. The van der Waals surface area contributed by atoms with Crippen molar-refractivity contribution in [3.8, 4) is 0 Å². The van der Waals surface area contributed by atoms with Crippen LogP contribution in [0.4, 0.5) is 26.3 Å². The Morgan fingerprint density at radius 3 is 2.00 bits per heavy atom. The second-order valence-electron chi connectivity index (χ2n) is 4.77. The first-order chi connectivity index (χ1) is 9.61. The predicted molar refractivity (Wildman–Crippen MR) is 67.8 cm³/mol. The van der Waals surface area contributed by atoms with E-state index in [9.17, 15) is 26.3 Å². The molecule has 1 nitrogen and oxygen atoms in total. The van der Waals surface area contributed by atoms with E-state index >= 15 is 0 Å². The Kier molecular flexibility index (Phi) is 5.67. The van der Waals surface area contributed by atoms with Gasteiger partial charge in [-0.3, -0.25) is 0 Å². The van der Waals surface area contributed by atoms with Crippen molar-refractivity contribution in [1.82, 2.24) is 0 Å². The minimum absolute atomic E-state index is 0.108. The molecular weight excluding hydrogens is 296 g/mol. The molecule has 0 unspecified atom stereocenters. The van der Waals surface area contributed by atoms with E-state index < -0.39 is 23.5 Å². The van der Waals surface area contributed by atoms with Crippen LogP contribution in [0.2, 0.25) is 0 Å². The fraction of sp³-hybridized carbons (Fsp3) is 0.571. The number of aryl methyl sites for hydroxylation is 2. The molecule has 0 saturated heterocycles. The van der Waals surface area contributed by atoms with Gasteiger partial charge in [0.15, 0.2) is 0 Å². The first kappa shape index (κ1) is 17.8. The van der Waals surface area contributed by atoms with Gasteiger partial charge in [0.1, 0.15) is 0 Å². The van der Waals surface area contributed by atoms with Crippen molar-refractivity contribution in [2.45, 2.75) is 45.0 Å². The van der Waals surface area contributed by atoms with E-state index in [-0.39, 0.29) is 24.0 Å². The molecule has 2 N–H and O–H groups in total. The summed E-state index contributed by atoms with van der Waals surface area (Å²) in [5.74, 6) is 0. The molecule has 7 heteroatoms. The van der Waals surface area contributed by atoms with Crippen molar-refractivity contribution >= 4 is 0 Å². The Morgan fingerprint density at radius 1 is 0.952 bits per heavy atom.